The van der Waals surface area contributed by atoms with Crippen molar-refractivity contribution in [3.63, 3.8) is 0 Å². The Morgan fingerprint density at radius 1 is 1.64 bits per heavy atom. The summed E-state index contributed by atoms with van der Waals surface area (Å²) in [4.78, 5) is 4.16. The van der Waals surface area contributed by atoms with Crippen molar-refractivity contribution in [2.75, 3.05) is 11.9 Å². The lowest BCUT2D eigenvalue weighted by molar-refractivity contribution is 0.777. The first-order chi connectivity index (χ1) is 6.77. The zero-order valence-electron chi connectivity index (χ0n) is 7.88. The van der Waals surface area contributed by atoms with Gasteiger partial charge in [-0.1, -0.05) is 0 Å². The van der Waals surface area contributed by atoms with Crippen molar-refractivity contribution < 1.29 is 0 Å². The summed E-state index contributed by atoms with van der Waals surface area (Å²) in [5.41, 5.74) is 6.34. The Balaban J connectivity index is 2.27. The van der Waals surface area contributed by atoms with Gasteiger partial charge in [0.2, 0.25) is 5.65 Å². The van der Waals surface area contributed by atoms with E-state index >= 15 is 0 Å². The van der Waals surface area contributed by atoms with Gasteiger partial charge in [-0.25, -0.2) is 4.98 Å². The average Bonchev–Trinajstić information content (AvgIpc) is 2.62. The van der Waals surface area contributed by atoms with Crippen LogP contribution in [0.15, 0.2) is 18.7 Å². The molecular formula is C8H12N6. The van der Waals surface area contributed by atoms with E-state index in [1.165, 1.54) is 0 Å². The predicted molar refractivity (Wildman–Crippen MR) is 52.9 cm³/mol. The van der Waals surface area contributed by atoms with Gasteiger partial charge in [-0.05, 0) is 6.92 Å². The van der Waals surface area contributed by atoms with Crippen LogP contribution in [0.1, 0.15) is 6.92 Å². The maximum absolute atomic E-state index is 5.63. The van der Waals surface area contributed by atoms with Gasteiger partial charge in [-0.2, -0.15) is 0 Å². The van der Waals surface area contributed by atoms with Gasteiger partial charge in [0.15, 0.2) is 5.82 Å². The van der Waals surface area contributed by atoms with Gasteiger partial charge in [-0.15, -0.1) is 10.2 Å². The zero-order valence-corrected chi connectivity index (χ0v) is 7.88. The predicted octanol–water partition coefficient (Wildman–Crippen LogP) is -0.117. The molecule has 0 radical (unpaired) electrons. The molecule has 0 amide bonds. The third-order valence-electron chi connectivity index (χ3n) is 1.81. The van der Waals surface area contributed by atoms with E-state index in [0.29, 0.717) is 18.0 Å². The first-order valence-corrected chi connectivity index (χ1v) is 4.41. The molecule has 3 N–H and O–H groups in total. The fourth-order valence-electron chi connectivity index (χ4n) is 1.14. The molecule has 6 nitrogen and oxygen atoms in total. The quantitative estimate of drug-likeness (QED) is 0.708. The highest BCUT2D eigenvalue weighted by molar-refractivity contribution is 5.61. The molecule has 0 saturated carbocycles. The van der Waals surface area contributed by atoms with Crippen molar-refractivity contribution in [3.8, 4) is 0 Å². The molecule has 2 heterocycles. The third-order valence-corrected chi connectivity index (χ3v) is 1.81. The van der Waals surface area contributed by atoms with Crippen LogP contribution < -0.4 is 11.1 Å². The van der Waals surface area contributed by atoms with Crippen molar-refractivity contribution in [1.82, 2.24) is 19.6 Å². The average molecular weight is 192 g/mol. The van der Waals surface area contributed by atoms with Crippen molar-refractivity contribution in [3.05, 3.63) is 18.7 Å². The molecular weight excluding hydrogens is 180 g/mol. The highest BCUT2D eigenvalue weighted by atomic mass is 15.2. The second-order valence-electron chi connectivity index (χ2n) is 3.20. The second-order valence-corrected chi connectivity index (χ2v) is 3.20. The molecule has 6 heteroatoms. The minimum atomic E-state index is 0.0833. The molecule has 2 aromatic rings. The zero-order chi connectivity index (χ0) is 9.97. The Morgan fingerprint density at radius 2 is 2.50 bits per heavy atom. The summed E-state index contributed by atoms with van der Waals surface area (Å²) in [6.07, 6.45) is 5.13. The maximum Gasteiger partial charge on any atom is 0.203 e. The molecule has 0 aromatic carbocycles. The number of nitrogens with two attached hydrogens (primary N) is 1. The van der Waals surface area contributed by atoms with Gasteiger partial charge in [0.05, 0.1) is 0 Å². The number of hydrogen-bond donors (Lipinski definition) is 2. The van der Waals surface area contributed by atoms with Crippen molar-refractivity contribution in [1.29, 1.82) is 0 Å². The molecule has 2 rings (SSSR count). The fraction of sp³-hybridized carbons (Fsp3) is 0.375. The first kappa shape index (κ1) is 8.89. The lowest BCUT2D eigenvalue weighted by Gasteiger charge is -2.07. The van der Waals surface area contributed by atoms with Crippen LogP contribution in [0.5, 0.6) is 0 Å². The van der Waals surface area contributed by atoms with Crippen LogP contribution >= 0.6 is 0 Å². The number of aromatic nitrogens is 4. The van der Waals surface area contributed by atoms with Crippen LogP contribution in [0.25, 0.3) is 5.65 Å². The van der Waals surface area contributed by atoms with Gasteiger partial charge < -0.3 is 11.1 Å². The summed E-state index contributed by atoms with van der Waals surface area (Å²) in [5, 5.41) is 10.8. The molecule has 0 saturated heterocycles. The SMILES string of the molecule is CC(N)CNc1nccn2cnnc12. The Hall–Kier alpha value is -1.69. The Labute approximate surface area is 81.2 Å². The van der Waals surface area contributed by atoms with Crippen LogP contribution in [0.3, 0.4) is 0 Å². The van der Waals surface area contributed by atoms with Crippen LogP contribution in [-0.2, 0) is 0 Å². The normalized spacial score (nSPS) is 13.0. The van der Waals surface area contributed by atoms with E-state index in [4.69, 9.17) is 5.73 Å². The van der Waals surface area contributed by atoms with Gasteiger partial charge >= 0.3 is 0 Å². The van der Waals surface area contributed by atoms with Crippen molar-refractivity contribution in [2.45, 2.75) is 13.0 Å². The van der Waals surface area contributed by atoms with Gasteiger partial charge in [0, 0.05) is 25.0 Å². The van der Waals surface area contributed by atoms with E-state index in [2.05, 4.69) is 20.5 Å². The third kappa shape index (κ3) is 1.64. The second kappa shape index (κ2) is 3.59. The molecule has 74 valence electrons. The van der Waals surface area contributed by atoms with Crippen molar-refractivity contribution >= 4 is 11.5 Å². The maximum atomic E-state index is 5.63. The molecule has 0 bridgehead atoms. The Kier molecular flexibility index (Phi) is 2.28. The molecule has 0 aliphatic carbocycles. The smallest absolute Gasteiger partial charge is 0.203 e. The summed E-state index contributed by atoms with van der Waals surface area (Å²) in [7, 11) is 0. The van der Waals surface area contributed by atoms with E-state index < -0.39 is 0 Å². The van der Waals surface area contributed by atoms with Crippen molar-refractivity contribution in [2.24, 2.45) is 5.73 Å². The van der Waals surface area contributed by atoms with Gasteiger partial charge in [-0.3, -0.25) is 4.40 Å². The molecule has 14 heavy (non-hydrogen) atoms. The monoisotopic (exact) mass is 192 g/mol. The number of anilines is 1. The van der Waals surface area contributed by atoms with Gasteiger partial charge in [0.25, 0.3) is 0 Å². The topological polar surface area (TPSA) is 81.1 Å². The van der Waals surface area contributed by atoms with E-state index in [1.807, 2.05) is 6.92 Å². The molecule has 0 aliphatic heterocycles. The van der Waals surface area contributed by atoms with Crippen LogP contribution in [0, 0.1) is 0 Å². The lowest BCUT2D eigenvalue weighted by atomic mass is 10.3. The van der Waals surface area contributed by atoms with Gasteiger partial charge in [0.1, 0.15) is 6.33 Å². The molecule has 0 aliphatic rings. The Morgan fingerprint density at radius 3 is 3.29 bits per heavy atom. The minimum Gasteiger partial charge on any atom is -0.365 e. The van der Waals surface area contributed by atoms with E-state index in [-0.39, 0.29) is 6.04 Å². The fourth-order valence-corrected chi connectivity index (χ4v) is 1.14. The summed E-state index contributed by atoms with van der Waals surface area (Å²) in [5.74, 6) is 0.710. The summed E-state index contributed by atoms with van der Waals surface area (Å²) in [6, 6.07) is 0.0833. The van der Waals surface area contributed by atoms with E-state index in [0.717, 1.165) is 0 Å². The molecule has 1 unspecified atom stereocenters. The number of fused-ring (bicyclic) bond motifs is 1. The molecule has 0 fully saturated rings. The molecule has 0 spiro atoms. The lowest BCUT2D eigenvalue weighted by Crippen LogP contribution is -2.25. The standard InChI is InChI=1S/C8H12N6/c1-6(9)4-11-7-8-13-12-5-14(8)3-2-10-7/h2-3,5-6H,4,9H2,1H3,(H,10,11). The number of hydrogen-bond acceptors (Lipinski definition) is 5. The summed E-state index contributed by atoms with van der Waals surface area (Å²) in [6.45, 7) is 2.59. The first-order valence-electron chi connectivity index (χ1n) is 4.41. The highest BCUT2D eigenvalue weighted by Gasteiger charge is 2.04. The Bertz CT molecular complexity index is 420. The van der Waals surface area contributed by atoms with Crippen LogP contribution in [0.4, 0.5) is 5.82 Å². The number of nitrogens with zero attached hydrogens (tertiary/aromatic N) is 4. The largest absolute Gasteiger partial charge is 0.365 e. The van der Waals surface area contributed by atoms with Crippen LogP contribution in [0.2, 0.25) is 0 Å². The number of rotatable bonds is 3. The highest BCUT2D eigenvalue weighted by Crippen LogP contribution is 2.08. The summed E-state index contributed by atoms with van der Waals surface area (Å²) < 4.78 is 1.80. The molecule has 1 atom stereocenters. The summed E-state index contributed by atoms with van der Waals surface area (Å²) >= 11 is 0. The van der Waals surface area contributed by atoms with Crippen LogP contribution in [-0.4, -0.2) is 32.2 Å². The van der Waals surface area contributed by atoms with E-state index in [9.17, 15) is 0 Å². The number of nitrogens with one attached hydrogen (secondary N) is 1. The minimum absolute atomic E-state index is 0.0833. The van der Waals surface area contributed by atoms with E-state index in [1.54, 1.807) is 23.1 Å². The molecule has 2 aromatic heterocycles.